The number of nitro benzene ring substituents is 1. The van der Waals surface area contributed by atoms with Crippen molar-refractivity contribution in [3.05, 3.63) is 101 Å². The van der Waals surface area contributed by atoms with Gasteiger partial charge < -0.3 is 0 Å². The molecule has 0 atom stereocenters. The molecule has 0 saturated heterocycles. The van der Waals surface area contributed by atoms with Crippen LogP contribution in [-0.4, -0.2) is 20.1 Å². The SMILES string of the molecule is O=[N+]([O-])c1ccc(CSc2nnc(-c3ccccc3)c(-c3ccccc3)n2)cc1. The third-order valence-corrected chi connectivity index (χ3v) is 5.19. The quantitative estimate of drug-likeness (QED) is 0.245. The summed E-state index contributed by atoms with van der Waals surface area (Å²) in [6, 6.07) is 26.3. The monoisotopic (exact) mass is 400 g/mol. The fraction of sp³-hybridized carbons (Fsp3) is 0.0455. The lowest BCUT2D eigenvalue weighted by Crippen LogP contribution is -1.99. The van der Waals surface area contributed by atoms with Gasteiger partial charge in [-0.25, -0.2) is 4.98 Å². The smallest absolute Gasteiger partial charge is 0.258 e. The predicted molar refractivity (Wildman–Crippen MR) is 113 cm³/mol. The van der Waals surface area contributed by atoms with Crippen LogP contribution in [0.1, 0.15) is 5.56 Å². The molecule has 3 aromatic carbocycles. The van der Waals surface area contributed by atoms with E-state index in [-0.39, 0.29) is 5.69 Å². The molecule has 29 heavy (non-hydrogen) atoms. The number of aromatic nitrogens is 3. The summed E-state index contributed by atoms with van der Waals surface area (Å²) in [4.78, 5) is 15.1. The first kappa shape index (κ1) is 18.8. The number of nitrogens with zero attached hydrogens (tertiary/aromatic N) is 4. The van der Waals surface area contributed by atoms with Crippen LogP contribution >= 0.6 is 11.8 Å². The number of benzene rings is 3. The normalized spacial score (nSPS) is 10.6. The molecule has 0 amide bonds. The van der Waals surface area contributed by atoms with E-state index < -0.39 is 4.92 Å². The summed E-state index contributed by atoms with van der Waals surface area (Å²) in [5.74, 6) is 0.596. The van der Waals surface area contributed by atoms with Gasteiger partial charge in [-0.05, 0) is 5.56 Å². The van der Waals surface area contributed by atoms with E-state index in [1.807, 2.05) is 60.7 Å². The molecule has 0 saturated carbocycles. The lowest BCUT2D eigenvalue weighted by atomic mass is 10.0. The van der Waals surface area contributed by atoms with Crippen LogP contribution < -0.4 is 0 Å². The van der Waals surface area contributed by atoms with Gasteiger partial charge in [0, 0.05) is 29.0 Å². The van der Waals surface area contributed by atoms with Gasteiger partial charge in [-0.3, -0.25) is 10.1 Å². The summed E-state index contributed by atoms with van der Waals surface area (Å²) in [6.45, 7) is 0. The molecule has 0 unspecified atom stereocenters. The van der Waals surface area contributed by atoms with Crippen LogP contribution in [0.25, 0.3) is 22.5 Å². The molecule has 4 aromatic rings. The van der Waals surface area contributed by atoms with Crippen LogP contribution in [-0.2, 0) is 5.75 Å². The van der Waals surface area contributed by atoms with E-state index >= 15 is 0 Å². The Kier molecular flexibility index (Phi) is 5.58. The zero-order chi connectivity index (χ0) is 20.1. The highest BCUT2D eigenvalue weighted by atomic mass is 32.2. The first-order valence-corrected chi connectivity index (χ1v) is 9.91. The van der Waals surface area contributed by atoms with Crippen molar-refractivity contribution in [2.45, 2.75) is 10.9 Å². The Hall–Kier alpha value is -3.58. The highest BCUT2D eigenvalue weighted by molar-refractivity contribution is 7.98. The average molecular weight is 400 g/mol. The van der Waals surface area contributed by atoms with Crippen LogP contribution in [0, 0.1) is 10.1 Å². The Labute approximate surface area is 171 Å². The largest absolute Gasteiger partial charge is 0.269 e. The third kappa shape index (κ3) is 4.47. The second kappa shape index (κ2) is 8.62. The summed E-state index contributed by atoms with van der Waals surface area (Å²) in [6.07, 6.45) is 0. The fourth-order valence-corrected chi connectivity index (χ4v) is 3.56. The van der Waals surface area contributed by atoms with E-state index in [4.69, 9.17) is 4.98 Å². The first-order chi connectivity index (χ1) is 14.2. The van der Waals surface area contributed by atoms with Crippen LogP contribution in [0.2, 0.25) is 0 Å². The zero-order valence-electron chi connectivity index (χ0n) is 15.3. The van der Waals surface area contributed by atoms with Crippen molar-refractivity contribution in [3.8, 4) is 22.5 Å². The molecule has 0 spiro atoms. The van der Waals surface area contributed by atoms with Gasteiger partial charge in [0.15, 0.2) is 0 Å². The molecule has 0 bridgehead atoms. The summed E-state index contributed by atoms with van der Waals surface area (Å²) < 4.78 is 0. The molecule has 0 aliphatic carbocycles. The van der Waals surface area contributed by atoms with Crippen molar-refractivity contribution in [3.63, 3.8) is 0 Å². The number of thioether (sulfide) groups is 1. The van der Waals surface area contributed by atoms with E-state index in [2.05, 4.69) is 10.2 Å². The molecule has 6 nitrogen and oxygen atoms in total. The minimum absolute atomic E-state index is 0.0789. The highest BCUT2D eigenvalue weighted by Gasteiger charge is 2.14. The number of non-ortho nitro benzene ring substituents is 1. The topological polar surface area (TPSA) is 81.8 Å². The number of hydrogen-bond donors (Lipinski definition) is 0. The lowest BCUT2D eigenvalue weighted by molar-refractivity contribution is -0.384. The maximum absolute atomic E-state index is 10.8. The van der Waals surface area contributed by atoms with E-state index in [1.54, 1.807) is 12.1 Å². The summed E-state index contributed by atoms with van der Waals surface area (Å²) in [5.41, 5.74) is 4.47. The summed E-state index contributed by atoms with van der Waals surface area (Å²) >= 11 is 1.45. The van der Waals surface area contributed by atoms with Gasteiger partial charge in [0.25, 0.3) is 5.69 Å². The molecule has 7 heteroatoms. The average Bonchev–Trinajstić information content (AvgIpc) is 2.79. The van der Waals surface area contributed by atoms with Crippen LogP contribution in [0.5, 0.6) is 0 Å². The molecule has 0 fully saturated rings. The highest BCUT2D eigenvalue weighted by Crippen LogP contribution is 2.30. The minimum Gasteiger partial charge on any atom is -0.258 e. The zero-order valence-corrected chi connectivity index (χ0v) is 16.1. The predicted octanol–water partition coefficient (Wildman–Crippen LogP) is 5.41. The maximum Gasteiger partial charge on any atom is 0.269 e. The Bertz CT molecular complexity index is 1120. The van der Waals surface area contributed by atoms with Crippen molar-refractivity contribution >= 4 is 17.4 Å². The molecule has 1 heterocycles. The Morgan fingerprint density at radius 1 is 0.759 bits per heavy atom. The Morgan fingerprint density at radius 3 is 1.93 bits per heavy atom. The molecule has 4 rings (SSSR count). The molecule has 0 aliphatic heterocycles. The second-order valence-corrected chi connectivity index (χ2v) is 7.18. The molecule has 142 valence electrons. The van der Waals surface area contributed by atoms with Gasteiger partial charge in [0.05, 0.1) is 4.92 Å². The van der Waals surface area contributed by atoms with Gasteiger partial charge in [-0.1, -0.05) is 84.6 Å². The van der Waals surface area contributed by atoms with Gasteiger partial charge in [0.1, 0.15) is 11.4 Å². The van der Waals surface area contributed by atoms with Crippen LogP contribution in [0.4, 0.5) is 5.69 Å². The molecule has 0 radical (unpaired) electrons. The molecule has 1 aromatic heterocycles. The van der Waals surface area contributed by atoms with Crippen molar-refractivity contribution < 1.29 is 4.92 Å². The number of rotatable bonds is 6. The Morgan fingerprint density at radius 2 is 1.34 bits per heavy atom. The van der Waals surface area contributed by atoms with E-state index in [0.717, 1.165) is 28.1 Å². The molecule has 0 aliphatic rings. The fourth-order valence-electron chi connectivity index (χ4n) is 2.82. The molecular weight excluding hydrogens is 384 g/mol. The van der Waals surface area contributed by atoms with Gasteiger partial charge in [0.2, 0.25) is 5.16 Å². The van der Waals surface area contributed by atoms with Crippen molar-refractivity contribution in [2.24, 2.45) is 0 Å². The maximum atomic E-state index is 10.8. The van der Waals surface area contributed by atoms with Crippen molar-refractivity contribution in [1.82, 2.24) is 15.2 Å². The third-order valence-electron chi connectivity index (χ3n) is 4.28. The van der Waals surface area contributed by atoms with E-state index in [1.165, 1.54) is 23.9 Å². The standard InChI is InChI=1S/C22H16N4O2S/c27-26(28)19-13-11-16(12-14-19)15-29-22-23-20(17-7-3-1-4-8-17)21(24-25-22)18-9-5-2-6-10-18/h1-14H,15H2. The summed E-state index contributed by atoms with van der Waals surface area (Å²) in [5, 5.41) is 20.1. The van der Waals surface area contributed by atoms with Gasteiger partial charge >= 0.3 is 0 Å². The molecular formula is C22H16N4O2S. The van der Waals surface area contributed by atoms with E-state index in [9.17, 15) is 10.1 Å². The van der Waals surface area contributed by atoms with Gasteiger partial charge in [-0.15, -0.1) is 10.2 Å². The number of hydrogen-bond acceptors (Lipinski definition) is 6. The second-order valence-electron chi connectivity index (χ2n) is 6.24. The minimum atomic E-state index is -0.404. The Balaban J connectivity index is 1.62. The van der Waals surface area contributed by atoms with Crippen molar-refractivity contribution in [1.29, 1.82) is 0 Å². The van der Waals surface area contributed by atoms with Crippen molar-refractivity contribution in [2.75, 3.05) is 0 Å². The summed E-state index contributed by atoms with van der Waals surface area (Å²) in [7, 11) is 0. The van der Waals surface area contributed by atoms with E-state index in [0.29, 0.717) is 10.9 Å². The van der Waals surface area contributed by atoms with Crippen LogP contribution in [0.15, 0.2) is 90.1 Å². The number of nitro groups is 1. The van der Waals surface area contributed by atoms with Crippen LogP contribution in [0.3, 0.4) is 0 Å². The first-order valence-electron chi connectivity index (χ1n) is 8.92. The molecule has 0 N–H and O–H groups in total. The lowest BCUT2D eigenvalue weighted by Gasteiger charge is -2.09. The van der Waals surface area contributed by atoms with Gasteiger partial charge in [-0.2, -0.15) is 0 Å².